The van der Waals surface area contributed by atoms with Crippen LogP contribution in [-0.4, -0.2) is 21.9 Å². The van der Waals surface area contributed by atoms with Crippen molar-refractivity contribution in [1.82, 2.24) is 14.8 Å². The van der Waals surface area contributed by atoms with Crippen LogP contribution in [0.2, 0.25) is 0 Å². The molecular weight excluding hydrogens is 302 g/mol. The first-order valence-corrected chi connectivity index (χ1v) is 7.53. The molecule has 3 aromatic rings. The van der Waals surface area contributed by atoms with E-state index in [1.807, 2.05) is 41.0 Å². The number of methoxy groups -OCH3 is 1. The number of aromatic amines is 1. The maximum atomic E-state index is 5.16. The summed E-state index contributed by atoms with van der Waals surface area (Å²) < 4.78 is 7.58. The summed E-state index contributed by atoms with van der Waals surface area (Å²) >= 11 is 6.86. The van der Waals surface area contributed by atoms with Crippen molar-refractivity contribution in [3.8, 4) is 11.4 Å². The fourth-order valence-corrected chi connectivity index (χ4v) is 2.91. The minimum absolute atomic E-state index is 0.588. The largest absolute Gasteiger partial charge is 0.497 e. The van der Waals surface area contributed by atoms with E-state index in [-0.39, 0.29) is 0 Å². The van der Waals surface area contributed by atoms with Gasteiger partial charge in [-0.25, -0.2) is 0 Å². The highest BCUT2D eigenvalue weighted by Crippen LogP contribution is 2.29. The third kappa shape index (κ3) is 3.17. The Morgan fingerprint density at radius 3 is 2.19 bits per heavy atom. The van der Waals surface area contributed by atoms with Gasteiger partial charge in [0.1, 0.15) is 12.1 Å². The van der Waals surface area contributed by atoms with E-state index in [1.54, 1.807) is 25.2 Å². The molecule has 1 aromatic heterocycles. The first-order chi connectivity index (χ1) is 10.3. The van der Waals surface area contributed by atoms with Gasteiger partial charge >= 0.3 is 0 Å². The van der Waals surface area contributed by atoms with Crippen LogP contribution in [0.25, 0.3) is 5.69 Å². The van der Waals surface area contributed by atoms with Gasteiger partial charge in [0.25, 0.3) is 0 Å². The van der Waals surface area contributed by atoms with Gasteiger partial charge < -0.3 is 4.74 Å². The van der Waals surface area contributed by atoms with Gasteiger partial charge in [0.2, 0.25) is 0 Å². The molecule has 1 heterocycles. The maximum Gasteiger partial charge on any atom is 0.199 e. The fraction of sp³-hybridized carbons (Fsp3) is 0.0667. The first-order valence-electron chi connectivity index (χ1n) is 6.30. The van der Waals surface area contributed by atoms with E-state index >= 15 is 0 Å². The van der Waals surface area contributed by atoms with E-state index in [0.29, 0.717) is 4.77 Å². The minimum atomic E-state index is 0.588. The quantitative estimate of drug-likeness (QED) is 0.736. The van der Waals surface area contributed by atoms with Crippen LogP contribution in [0.15, 0.2) is 64.6 Å². The Morgan fingerprint density at radius 2 is 1.67 bits per heavy atom. The lowest BCUT2D eigenvalue weighted by atomic mass is 10.3. The van der Waals surface area contributed by atoms with Crippen molar-refractivity contribution < 1.29 is 4.74 Å². The number of hydrogen-bond acceptors (Lipinski definition) is 4. The number of rotatable bonds is 4. The summed E-state index contributed by atoms with van der Waals surface area (Å²) in [6, 6.07) is 16.2. The van der Waals surface area contributed by atoms with Crippen molar-refractivity contribution in [1.29, 1.82) is 0 Å². The van der Waals surface area contributed by atoms with Crippen LogP contribution < -0.4 is 4.74 Å². The lowest BCUT2D eigenvalue weighted by Gasteiger charge is -2.05. The van der Waals surface area contributed by atoms with Gasteiger partial charge in [-0.1, -0.05) is 11.8 Å². The van der Waals surface area contributed by atoms with E-state index in [9.17, 15) is 0 Å². The van der Waals surface area contributed by atoms with Crippen LogP contribution >= 0.6 is 24.0 Å². The molecule has 0 saturated heterocycles. The zero-order chi connectivity index (χ0) is 14.7. The van der Waals surface area contributed by atoms with Crippen LogP contribution in [0.4, 0.5) is 0 Å². The maximum absolute atomic E-state index is 5.16. The topological polar surface area (TPSA) is 42.8 Å². The predicted molar refractivity (Wildman–Crippen MR) is 85.9 cm³/mol. The zero-order valence-electron chi connectivity index (χ0n) is 11.3. The molecule has 0 aliphatic carbocycles. The molecule has 0 aliphatic rings. The van der Waals surface area contributed by atoms with Crippen LogP contribution in [-0.2, 0) is 0 Å². The first kappa shape index (κ1) is 13.9. The lowest BCUT2D eigenvalue weighted by Crippen LogP contribution is -1.91. The molecule has 4 nitrogen and oxygen atoms in total. The molecule has 1 N–H and O–H groups in total. The third-order valence-electron chi connectivity index (χ3n) is 2.96. The molecule has 0 atom stereocenters. The Kier molecular flexibility index (Phi) is 4.08. The highest BCUT2D eigenvalue weighted by Gasteiger charge is 2.01. The summed E-state index contributed by atoms with van der Waals surface area (Å²) in [6.07, 6.45) is 1.67. The molecule has 0 saturated carbocycles. The van der Waals surface area contributed by atoms with Crippen molar-refractivity contribution in [2.24, 2.45) is 0 Å². The number of hydrogen-bond donors (Lipinski definition) is 1. The summed E-state index contributed by atoms with van der Waals surface area (Å²) in [5, 5.41) is 6.66. The summed E-state index contributed by atoms with van der Waals surface area (Å²) in [4.78, 5) is 2.34. The molecule has 0 aliphatic heterocycles. The van der Waals surface area contributed by atoms with E-state index in [4.69, 9.17) is 17.0 Å². The predicted octanol–water partition coefficient (Wildman–Crippen LogP) is 4.09. The third-order valence-corrected chi connectivity index (χ3v) is 4.27. The van der Waals surface area contributed by atoms with Crippen molar-refractivity contribution in [3.05, 3.63) is 59.6 Å². The zero-order valence-corrected chi connectivity index (χ0v) is 12.9. The number of benzene rings is 2. The van der Waals surface area contributed by atoms with Gasteiger partial charge in [0.05, 0.1) is 7.11 Å². The number of aromatic nitrogens is 3. The molecule has 21 heavy (non-hydrogen) atoms. The molecule has 0 bridgehead atoms. The van der Waals surface area contributed by atoms with Crippen molar-refractivity contribution in [3.63, 3.8) is 0 Å². The van der Waals surface area contributed by atoms with E-state index in [0.717, 1.165) is 11.4 Å². The molecule has 3 rings (SSSR count). The van der Waals surface area contributed by atoms with Crippen LogP contribution in [0.1, 0.15) is 0 Å². The Hall–Kier alpha value is -2.05. The van der Waals surface area contributed by atoms with Crippen LogP contribution in [0, 0.1) is 4.77 Å². The number of H-pyrrole nitrogens is 1. The van der Waals surface area contributed by atoms with Gasteiger partial charge in [-0.2, -0.15) is 5.10 Å². The van der Waals surface area contributed by atoms with Crippen molar-refractivity contribution in [2.75, 3.05) is 7.11 Å². The molecular formula is C15H13N3OS2. The standard InChI is InChI=1S/C15H13N3OS2/c1-19-12-4-8-14(9-5-12)21-13-6-2-11(3-7-13)18-10-16-17-15(18)20/h2-10H,1H3,(H,17,20). The lowest BCUT2D eigenvalue weighted by molar-refractivity contribution is 0.414. The molecule has 0 amide bonds. The second kappa shape index (κ2) is 6.15. The summed E-state index contributed by atoms with van der Waals surface area (Å²) in [5.41, 5.74) is 0.993. The molecule has 0 spiro atoms. The molecule has 6 heteroatoms. The Bertz CT molecular complexity index is 776. The highest BCUT2D eigenvalue weighted by atomic mass is 32.2. The molecule has 106 valence electrons. The Labute approximate surface area is 131 Å². The smallest absolute Gasteiger partial charge is 0.199 e. The number of nitrogens with zero attached hydrogens (tertiary/aromatic N) is 2. The highest BCUT2D eigenvalue weighted by molar-refractivity contribution is 7.99. The van der Waals surface area contributed by atoms with Crippen molar-refractivity contribution >= 4 is 24.0 Å². The average Bonchev–Trinajstić information content (AvgIpc) is 2.95. The van der Waals surface area contributed by atoms with Crippen LogP contribution in [0.3, 0.4) is 0 Å². The average molecular weight is 315 g/mol. The van der Waals surface area contributed by atoms with Gasteiger partial charge in [0, 0.05) is 15.5 Å². The van der Waals surface area contributed by atoms with Crippen molar-refractivity contribution in [2.45, 2.75) is 9.79 Å². The normalized spacial score (nSPS) is 10.5. The SMILES string of the molecule is COc1ccc(Sc2ccc(-n3cn[nH]c3=S)cc2)cc1. The Balaban J connectivity index is 1.78. The molecule has 0 fully saturated rings. The Morgan fingerprint density at radius 1 is 1.05 bits per heavy atom. The summed E-state index contributed by atoms with van der Waals surface area (Å²) in [7, 11) is 1.67. The second-order valence-electron chi connectivity index (χ2n) is 4.30. The van der Waals surface area contributed by atoms with Crippen LogP contribution in [0.5, 0.6) is 5.75 Å². The van der Waals surface area contributed by atoms with Gasteiger partial charge in [0.15, 0.2) is 4.77 Å². The van der Waals surface area contributed by atoms with Gasteiger partial charge in [-0.05, 0) is 60.7 Å². The second-order valence-corrected chi connectivity index (χ2v) is 5.84. The van der Waals surface area contributed by atoms with Gasteiger partial charge in [-0.3, -0.25) is 9.67 Å². The molecule has 0 radical (unpaired) electrons. The fourth-order valence-electron chi connectivity index (χ4n) is 1.89. The number of ether oxygens (including phenoxy) is 1. The minimum Gasteiger partial charge on any atom is -0.497 e. The molecule has 2 aromatic carbocycles. The van der Waals surface area contributed by atoms with E-state index < -0.39 is 0 Å². The summed E-state index contributed by atoms with van der Waals surface area (Å²) in [5.74, 6) is 0.865. The number of nitrogens with one attached hydrogen (secondary N) is 1. The van der Waals surface area contributed by atoms with E-state index in [2.05, 4.69) is 22.3 Å². The molecule has 0 unspecified atom stereocenters. The summed E-state index contributed by atoms with van der Waals surface area (Å²) in [6.45, 7) is 0. The monoisotopic (exact) mass is 315 g/mol. The van der Waals surface area contributed by atoms with Gasteiger partial charge in [-0.15, -0.1) is 0 Å². The van der Waals surface area contributed by atoms with E-state index in [1.165, 1.54) is 9.79 Å².